The molecule has 0 atom stereocenters. The van der Waals surface area contributed by atoms with E-state index in [1.807, 2.05) is 48.5 Å². The Hall–Kier alpha value is -4.93. The van der Waals surface area contributed by atoms with Crippen LogP contribution in [0.15, 0.2) is 48.5 Å². The Morgan fingerprint density at radius 2 is 0.652 bits per heavy atom. The zero-order chi connectivity index (χ0) is 49.2. The lowest BCUT2D eigenvalue weighted by molar-refractivity contribution is 0.235. The number of hydrogen-bond donors (Lipinski definition) is 2. The van der Waals surface area contributed by atoms with Crippen molar-refractivity contribution in [2.24, 2.45) is 0 Å². The van der Waals surface area contributed by atoms with Crippen molar-refractivity contribution in [1.29, 1.82) is 0 Å². The average Bonchev–Trinajstić information content (AvgIpc) is 3.34. The second-order valence-corrected chi connectivity index (χ2v) is 18.3. The van der Waals surface area contributed by atoms with Gasteiger partial charge in [0.05, 0.1) is 39.6 Å². The third kappa shape index (κ3) is 22.1. The Labute approximate surface area is 418 Å². The summed E-state index contributed by atoms with van der Waals surface area (Å²) in [7, 11) is 0. The highest BCUT2D eigenvalue weighted by atomic mass is 16.5. The second kappa shape index (κ2) is 35.2. The van der Waals surface area contributed by atoms with Crippen LogP contribution in [0.3, 0.4) is 0 Å². The summed E-state index contributed by atoms with van der Waals surface area (Å²) in [4.78, 5) is 14.9. The maximum Gasteiger partial charge on any atom is 0.232 e. The van der Waals surface area contributed by atoms with Crippen LogP contribution in [-0.4, -0.2) is 54.6 Å². The third-order valence-electron chi connectivity index (χ3n) is 11.9. The molecule has 2 N–H and O–H groups in total. The van der Waals surface area contributed by atoms with Crippen molar-refractivity contribution >= 4 is 23.3 Å². The molecule has 11 heteroatoms. The lowest BCUT2D eigenvalue weighted by atomic mass is 10.1. The Bertz CT molecular complexity index is 1780. The van der Waals surface area contributed by atoms with Gasteiger partial charge in [-0.1, -0.05) is 181 Å². The Morgan fingerprint density at radius 3 is 0.942 bits per heavy atom. The first kappa shape index (κ1) is 56.7. The van der Waals surface area contributed by atoms with Crippen molar-refractivity contribution in [3.05, 3.63) is 61.0 Å². The van der Waals surface area contributed by atoms with Crippen molar-refractivity contribution in [3.8, 4) is 45.9 Å². The molecule has 0 bridgehead atoms. The second-order valence-electron chi connectivity index (χ2n) is 18.3. The number of rotatable bonds is 41. The van der Waals surface area contributed by atoms with Crippen LogP contribution < -0.4 is 39.1 Å². The van der Waals surface area contributed by atoms with E-state index in [1.54, 1.807) is 0 Å². The highest BCUT2D eigenvalue weighted by molar-refractivity contribution is 5.70. The molecule has 0 aliphatic carbocycles. The first-order valence-corrected chi connectivity index (χ1v) is 27.3. The van der Waals surface area contributed by atoms with Crippen LogP contribution in [-0.2, 0) is 0 Å². The van der Waals surface area contributed by atoms with Crippen LogP contribution in [0.25, 0.3) is 11.4 Å². The molecule has 1 radical (unpaired) electrons. The number of ether oxygens (including phenoxy) is 6. The summed E-state index contributed by atoms with van der Waals surface area (Å²) in [6.45, 7) is 20.9. The quantitative estimate of drug-likeness (QED) is 0.0414. The first-order valence-electron chi connectivity index (χ1n) is 27.3. The molecule has 11 nitrogen and oxygen atoms in total. The van der Waals surface area contributed by atoms with Crippen molar-refractivity contribution < 1.29 is 28.4 Å². The number of hydrogen-bond acceptors (Lipinski definition) is 11. The fraction of sp³-hybridized carbons (Fsp3) is 0.621. The number of nitrogens with one attached hydrogen (secondary N) is 2. The van der Waals surface area contributed by atoms with Crippen LogP contribution in [0, 0.1) is 6.92 Å². The standard InChI is InChI=1S/C58H90N5O6/c1-8-14-20-26-36-64-50-42-48(43-51(65-37-27-21-15-9-2)54(50)68-40-30-24-18-12-5)59-57-61-56(47-34-32-46(7)33-35-47)62-58(63-57)60-49-44-52(66-38-28-22-16-10-3)55(69-41-31-25-19-13-6)53(45-49)67-39-29-23-17-11-4/h32-35,42-45H,7-31,36-41H2,1-6H3,(H2,59,60,61,62,63). The molecule has 4 rings (SSSR count). The van der Waals surface area contributed by atoms with E-state index in [0.29, 0.717) is 91.9 Å². The normalized spacial score (nSPS) is 11.1. The molecule has 69 heavy (non-hydrogen) atoms. The largest absolute Gasteiger partial charge is 0.489 e. The lowest BCUT2D eigenvalue weighted by Crippen LogP contribution is -2.09. The van der Waals surface area contributed by atoms with Gasteiger partial charge in [0.15, 0.2) is 28.8 Å². The van der Waals surface area contributed by atoms with Gasteiger partial charge in [-0.25, -0.2) is 0 Å². The fourth-order valence-electron chi connectivity index (χ4n) is 7.79. The van der Waals surface area contributed by atoms with Crippen molar-refractivity contribution in [2.75, 3.05) is 50.3 Å². The molecular formula is C58H90N5O6. The molecule has 1 aromatic heterocycles. The minimum absolute atomic E-state index is 0.351. The fourth-order valence-corrected chi connectivity index (χ4v) is 7.79. The smallest absolute Gasteiger partial charge is 0.232 e. The molecule has 1 heterocycles. The SMILES string of the molecule is [CH2]c1ccc(-c2nc(Nc3cc(OCCCCCC)c(OCCCCCC)c(OCCCCCC)c3)nc(Nc3cc(OCCCCCC)c(OCCCCCC)c(OCCCCCC)c3)n2)cc1. The molecule has 0 saturated carbocycles. The van der Waals surface area contributed by atoms with Gasteiger partial charge in [0.25, 0.3) is 0 Å². The van der Waals surface area contributed by atoms with Gasteiger partial charge in [-0.2, -0.15) is 15.0 Å². The van der Waals surface area contributed by atoms with Crippen LogP contribution in [0.5, 0.6) is 34.5 Å². The molecule has 0 aliphatic rings. The van der Waals surface area contributed by atoms with E-state index in [4.69, 9.17) is 43.4 Å². The molecule has 0 unspecified atom stereocenters. The Morgan fingerprint density at radius 1 is 0.362 bits per heavy atom. The monoisotopic (exact) mass is 953 g/mol. The summed E-state index contributed by atoms with van der Waals surface area (Å²) in [5.41, 5.74) is 3.16. The van der Waals surface area contributed by atoms with Crippen LogP contribution >= 0.6 is 0 Å². The van der Waals surface area contributed by atoms with E-state index in [2.05, 4.69) is 59.1 Å². The first-order chi connectivity index (χ1) is 33.9. The maximum absolute atomic E-state index is 6.55. The summed E-state index contributed by atoms with van der Waals surface area (Å²) < 4.78 is 39.3. The predicted molar refractivity (Wildman–Crippen MR) is 287 cm³/mol. The van der Waals surface area contributed by atoms with E-state index >= 15 is 0 Å². The highest BCUT2D eigenvalue weighted by Crippen LogP contribution is 2.44. The van der Waals surface area contributed by atoms with E-state index < -0.39 is 0 Å². The highest BCUT2D eigenvalue weighted by Gasteiger charge is 2.20. The molecule has 0 spiro atoms. The van der Waals surface area contributed by atoms with E-state index in [9.17, 15) is 0 Å². The summed E-state index contributed by atoms with van der Waals surface area (Å²) >= 11 is 0. The Kier molecular flexibility index (Phi) is 28.9. The number of anilines is 4. The van der Waals surface area contributed by atoms with E-state index in [0.717, 1.165) is 125 Å². The minimum Gasteiger partial charge on any atom is -0.489 e. The number of nitrogens with zero attached hydrogens (tertiary/aromatic N) is 3. The summed E-state index contributed by atoms with van der Waals surface area (Å²) in [6.07, 6.45) is 26.4. The minimum atomic E-state index is 0.351. The van der Waals surface area contributed by atoms with Crippen LogP contribution in [0.4, 0.5) is 23.3 Å². The van der Waals surface area contributed by atoms with Gasteiger partial charge in [0, 0.05) is 41.2 Å². The Balaban J connectivity index is 1.78. The van der Waals surface area contributed by atoms with Crippen molar-refractivity contribution in [3.63, 3.8) is 0 Å². The third-order valence-corrected chi connectivity index (χ3v) is 11.9. The number of unbranched alkanes of at least 4 members (excludes halogenated alkanes) is 18. The van der Waals surface area contributed by atoms with Gasteiger partial charge < -0.3 is 39.1 Å². The molecule has 4 aromatic rings. The molecule has 0 saturated heterocycles. The van der Waals surface area contributed by atoms with Crippen molar-refractivity contribution in [1.82, 2.24) is 15.0 Å². The van der Waals surface area contributed by atoms with Crippen LogP contribution in [0.2, 0.25) is 0 Å². The lowest BCUT2D eigenvalue weighted by Gasteiger charge is -2.20. The molecule has 0 amide bonds. The van der Waals surface area contributed by atoms with Gasteiger partial charge in [-0.05, 0) is 51.0 Å². The predicted octanol–water partition coefficient (Wildman–Crippen LogP) is 17.0. The number of aromatic nitrogens is 3. The molecule has 0 fully saturated rings. The van der Waals surface area contributed by atoms with Gasteiger partial charge in [0.1, 0.15) is 0 Å². The maximum atomic E-state index is 6.55. The molecule has 3 aromatic carbocycles. The van der Waals surface area contributed by atoms with Gasteiger partial charge in [-0.15, -0.1) is 0 Å². The van der Waals surface area contributed by atoms with Gasteiger partial charge >= 0.3 is 0 Å². The van der Waals surface area contributed by atoms with E-state index in [-0.39, 0.29) is 0 Å². The molecular weight excluding hydrogens is 863 g/mol. The van der Waals surface area contributed by atoms with Crippen LogP contribution in [0.1, 0.15) is 201 Å². The topological polar surface area (TPSA) is 118 Å². The van der Waals surface area contributed by atoms with Gasteiger partial charge in [-0.3, -0.25) is 0 Å². The zero-order valence-electron chi connectivity index (χ0n) is 43.8. The summed E-state index contributed by atoms with van der Waals surface area (Å²) in [6, 6.07) is 15.8. The van der Waals surface area contributed by atoms with E-state index in [1.165, 1.54) is 51.4 Å². The van der Waals surface area contributed by atoms with Gasteiger partial charge in [0.2, 0.25) is 23.4 Å². The summed E-state index contributed by atoms with van der Waals surface area (Å²) in [5, 5.41) is 7.05. The molecule has 383 valence electrons. The average molecular weight is 953 g/mol. The number of benzene rings is 3. The zero-order valence-corrected chi connectivity index (χ0v) is 43.8. The van der Waals surface area contributed by atoms with Crippen molar-refractivity contribution in [2.45, 2.75) is 196 Å². The summed E-state index contributed by atoms with van der Waals surface area (Å²) in [5.74, 6) is 5.07. The molecule has 0 aliphatic heterocycles.